The molecule has 0 aliphatic rings. The zero-order valence-electron chi connectivity index (χ0n) is 13.4. The molecule has 0 saturated heterocycles. The molecule has 0 aliphatic carbocycles. The average Bonchev–Trinajstić information content (AvgIpc) is 2.53. The van der Waals surface area contributed by atoms with Crippen molar-refractivity contribution in [1.29, 1.82) is 0 Å². The molecule has 4 nitrogen and oxygen atoms in total. The highest BCUT2D eigenvalue weighted by Crippen LogP contribution is 2.27. The zero-order valence-corrected chi connectivity index (χ0v) is 13.4. The molecular weight excluding hydrogens is 272 g/mol. The first-order chi connectivity index (χ1) is 10.6. The summed E-state index contributed by atoms with van der Waals surface area (Å²) in [5, 5.41) is 1.07. The van der Waals surface area contributed by atoms with Gasteiger partial charge < -0.3 is 9.80 Å². The normalized spacial score (nSPS) is 10.7. The van der Waals surface area contributed by atoms with Crippen molar-refractivity contribution >= 4 is 22.4 Å². The van der Waals surface area contributed by atoms with E-state index in [9.17, 15) is 0 Å². The molecule has 4 heteroatoms. The van der Waals surface area contributed by atoms with Crippen molar-refractivity contribution in [3.63, 3.8) is 0 Å². The molecule has 0 radical (unpaired) electrons. The van der Waals surface area contributed by atoms with Crippen LogP contribution in [0.15, 0.2) is 48.5 Å². The van der Waals surface area contributed by atoms with E-state index < -0.39 is 0 Å². The van der Waals surface area contributed by atoms with E-state index in [1.807, 2.05) is 51.3 Å². The van der Waals surface area contributed by atoms with Crippen molar-refractivity contribution in [2.45, 2.75) is 0 Å². The van der Waals surface area contributed by atoms with Gasteiger partial charge in [0.15, 0.2) is 5.82 Å². The Labute approximate surface area is 131 Å². The van der Waals surface area contributed by atoms with Gasteiger partial charge in [-0.3, -0.25) is 0 Å². The minimum atomic E-state index is 0.757. The van der Waals surface area contributed by atoms with E-state index in [4.69, 9.17) is 9.97 Å². The molecule has 3 aromatic rings. The SMILES string of the molecule is CN(C)c1ccc(-c2nc(N(C)C)c3ccccc3n2)cc1. The fraction of sp³-hybridized carbons (Fsp3) is 0.222. The Balaban J connectivity index is 2.14. The van der Waals surface area contributed by atoms with Crippen LogP contribution in [0.3, 0.4) is 0 Å². The molecule has 3 rings (SSSR count). The highest BCUT2D eigenvalue weighted by molar-refractivity contribution is 5.90. The van der Waals surface area contributed by atoms with E-state index in [1.54, 1.807) is 0 Å². The van der Waals surface area contributed by atoms with Crippen LogP contribution in [0.1, 0.15) is 0 Å². The lowest BCUT2D eigenvalue weighted by Crippen LogP contribution is -2.12. The average molecular weight is 292 g/mol. The minimum Gasteiger partial charge on any atom is -0.378 e. The van der Waals surface area contributed by atoms with Crippen molar-refractivity contribution < 1.29 is 0 Å². The lowest BCUT2D eigenvalue weighted by atomic mass is 10.1. The first-order valence-electron chi connectivity index (χ1n) is 7.28. The molecule has 22 heavy (non-hydrogen) atoms. The molecule has 0 aliphatic heterocycles. The molecule has 0 unspecified atom stereocenters. The predicted octanol–water partition coefficient (Wildman–Crippen LogP) is 3.43. The molecule has 2 aromatic carbocycles. The van der Waals surface area contributed by atoms with Gasteiger partial charge in [-0.05, 0) is 36.4 Å². The van der Waals surface area contributed by atoms with Crippen LogP contribution in [-0.4, -0.2) is 38.2 Å². The van der Waals surface area contributed by atoms with Crippen molar-refractivity contribution in [2.24, 2.45) is 0 Å². The number of rotatable bonds is 3. The summed E-state index contributed by atoms with van der Waals surface area (Å²) in [7, 11) is 8.08. The second-order valence-corrected chi connectivity index (χ2v) is 5.72. The van der Waals surface area contributed by atoms with E-state index in [2.05, 4.69) is 35.2 Å². The largest absolute Gasteiger partial charge is 0.378 e. The molecule has 1 heterocycles. The Morgan fingerprint density at radius 2 is 1.41 bits per heavy atom. The molecule has 0 spiro atoms. The van der Waals surface area contributed by atoms with Gasteiger partial charge >= 0.3 is 0 Å². The maximum atomic E-state index is 4.75. The van der Waals surface area contributed by atoms with Gasteiger partial charge in [0, 0.05) is 44.8 Å². The van der Waals surface area contributed by atoms with E-state index in [0.717, 1.165) is 33.8 Å². The summed E-state index contributed by atoms with van der Waals surface area (Å²) >= 11 is 0. The van der Waals surface area contributed by atoms with Crippen LogP contribution in [0.5, 0.6) is 0 Å². The summed E-state index contributed by atoms with van der Waals surface area (Å²) in [5.74, 6) is 1.70. The molecule has 0 bridgehead atoms. The van der Waals surface area contributed by atoms with Crippen LogP contribution in [-0.2, 0) is 0 Å². The van der Waals surface area contributed by atoms with Crippen LogP contribution in [0.2, 0.25) is 0 Å². The van der Waals surface area contributed by atoms with Crippen LogP contribution in [0, 0.1) is 0 Å². The van der Waals surface area contributed by atoms with Crippen molar-refractivity contribution in [2.75, 3.05) is 38.0 Å². The molecule has 0 fully saturated rings. The van der Waals surface area contributed by atoms with Gasteiger partial charge in [0.05, 0.1) is 5.52 Å². The first-order valence-corrected chi connectivity index (χ1v) is 7.28. The van der Waals surface area contributed by atoms with Gasteiger partial charge in [-0.1, -0.05) is 12.1 Å². The van der Waals surface area contributed by atoms with Crippen molar-refractivity contribution in [3.8, 4) is 11.4 Å². The third-order valence-electron chi connectivity index (χ3n) is 3.65. The Bertz CT molecular complexity index is 792. The van der Waals surface area contributed by atoms with Gasteiger partial charge in [-0.2, -0.15) is 0 Å². The highest BCUT2D eigenvalue weighted by atomic mass is 15.2. The Kier molecular flexibility index (Phi) is 3.67. The monoisotopic (exact) mass is 292 g/mol. The summed E-state index contributed by atoms with van der Waals surface area (Å²) in [4.78, 5) is 13.6. The number of benzene rings is 2. The number of para-hydroxylation sites is 1. The predicted molar refractivity (Wildman–Crippen MR) is 93.6 cm³/mol. The minimum absolute atomic E-state index is 0.757. The summed E-state index contributed by atoms with van der Waals surface area (Å²) < 4.78 is 0. The van der Waals surface area contributed by atoms with Gasteiger partial charge in [0.25, 0.3) is 0 Å². The maximum Gasteiger partial charge on any atom is 0.162 e. The van der Waals surface area contributed by atoms with Crippen LogP contribution >= 0.6 is 0 Å². The van der Waals surface area contributed by atoms with E-state index in [-0.39, 0.29) is 0 Å². The summed E-state index contributed by atoms with van der Waals surface area (Å²) in [6.07, 6.45) is 0. The van der Waals surface area contributed by atoms with E-state index in [0.29, 0.717) is 0 Å². The summed E-state index contributed by atoms with van der Waals surface area (Å²) in [5.41, 5.74) is 3.16. The topological polar surface area (TPSA) is 32.3 Å². The van der Waals surface area contributed by atoms with Gasteiger partial charge in [-0.25, -0.2) is 9.97 Å². The number of hydrogen-bond donors (Lipinski definition) is 0. The number of anilines is 2. The lowest BCUT2D eigenvalue weighted by molar-refractivity contribution is 1.06. The van der Waals surface area contributed by atoms with E-state index >= 15 is 0 Å². The van der Waals surface area contributed by atoms with Crippen LogP contribution in [0.25, 0.3) is 22.3 Å². The van der Waals surface area contributed by atoms with Crippen LogP contribution in [0.4, 0.5) is 11.5 Å². The smallest absolute Gasteiger partial charge is 0.162 e. The highest BCUT2D eigenvalue weighted by Gasteiger charge is 2.10. The fourth-order valence-corrected chi connectivity index (χ4v) is 2.44. The molecule has 0 saturated carbocycles. The van der Waals surface area contributed by atoms with Crippen LogP contribution < -0.4 is 9.80 Å². The molecular formula is C18H20N4. The molecule has 112 valence electrons. The molecule has 0 N–H and O–H groups in total. The second kappa shape index (κ2) is 5.64. The number of aromatic nitrogens is 2. The summed E-state index contributed by atoms with van der Waals surface area (Å²) in [6, 6.07) is 16.4. The maximum absolute atomic E-state index is 4.75. The van der Waals surface area contributed by atoms with Gasteiger partial charge in [0.2, 0.25) is 0 Å². The van der Waals surface area contributed by atoms with E-state index in [1.165, 1.54) is 0 Å². The summed E-state index contributed by atoms with van der Waals surface area (Å²) in [6.45, 7) is 0. The Morgan fingerprint density at radius 3 is 2.05 bits per heavy atom. The number of nitrogens with zero attached hydrogens (tertiary/aromatic N) is 4. The van der Waals surface area contributed by atoms with Crippen molar-refractivity contribution in [1.82, 2.24) is 9.97 Å². The van der Waals surface area contributed by atoms with Crippen molar-refractivity contribution in [3.05, 3.63) is 48.5 Å². The quantitative estimate of drug-likeness (QED) is 0.740. The third-order valence-corrected chi connectivity index (χ3v) is 3.65. The fourth-order valence-electron chi connectivity index (χ4n) is 2.44. The zero-order chi connectivity index (χ0) is 15.7. The standard InChI is InChI=1S/C18H20N4/c1-21(2)14-11-9-13(10-12-14)17-19-16-8-6-5-7-15(16)18(20-17)22(3)4/h5-12H,1-4H3. The first kappa shape index (κ1) is 14.3. The van der Waals surface area contributed by atoms with Gasteiger partial charge in [-0.15, -0.1) is 0 Å². The Morgan fingerprint density at radius 1 is 0.727 bits per heavy atom. The molecule has 0 atom stereocenters. The second-order valence-electron chi connectivity index (χ2n) is 5.72. The number of fused-ring (bicyclic) bond motifs is 1. The third kappa shape index (κ3) is 2.60. The van der Waals surface area contributed by atoms with Gasteiger partial charge in [0.1, 0.15) is 5.82 Å². The lowest BCUT2D eigenvalue weighted by Gasteiger charge is -2.16. The Hall–Kier alpha value is -2.62. The molecule has 1 aromatic heterocycles. The molecule has 0 amide bonds. The number of hydrogen-bond acceptors (Lipinski definition) is 4.